The molecule has 25 heavy (non-hydrogen) atoms. The van der Waals surface area contributed by atoms with Crippen LogP contribution in [0.5, 0.6) is 0 Å². The first-order valence-corrected chi connectivity index (χ1v) is 8.80. The Morgan fingerprint density at radius 2 is 2.24 bits per heavy atom. The fourth-order valence-corrected chi connectivity index (χ4v) is 3.48. The van der Waals surface area contributed by atoms with Gasteiger partial charge in [-0.25, -0.2) is 14.3 Å². The van der Waals surface area contributed by atoms with E-state index in [1.54, 1.807) is 6.20 Å². The zero-order valence-electron chi connectivity index (χ0n) is 14.0. The fourth-order valence-electron chi connectivity index (χ4n) is 3.48. The summed E-state index contributed by atoms with van der Waals surface area (Å²) in [6.45, 7) is 2.39. The van der Waals surface area contributed by atoms with E-state index in [-0.39, 0.29) is 18.0 Å². The fraction of sp³-hybridized carbons (Fsp3) is 0.588. The molecule has 2 atom stereocenters. The SMILES string of the molecule is O=C(O)c1cnn2ccc(N3CCC[C@H](OC4CCCCO4)C3)nc12. The maximum Gasteiger partial charge on any atom is 0.341 e. The van der Waals surface area contributed by atoms with Crippen molar-refractivity contribution in [2.75, 3.05) is 24.6 Å². The van der Waals surface area contributed by atoms with Crippen LogP contribution in [-0.4, -0.2) is 57.8 Å². The third kappa shape index (κ3) is 3.45. The molecule has 0 saturated carbocycles. The second-order valence-corrected chi connectivity index (χ2v) is 6.56. The van der Waals surface area contributed by atoms with E-state index in [1.165, 1.54) is 10.7 Å². The first kappa shape index (κ1) is 16.3. The zero-order chi connectivity index (χ0) is 17.2. The number of aromatic nitrogens is 3. The molecule has 0 spiro atoms. The number of fused-ring (bicyclic) bond motifs is 1. The van der Waals surface area contributed by atoms with Gasteiger partial charge in [-0.05, 0) is 38.2 Å². The van der Waals surface area contributed by atoms with E-state index in [0.717, 1.165) is 57.6 Å². The Bertz CT molecular complexity index is 756. The van der Waals surface area contributed by atoms with Gasteiger partial charge in [0.15, 0.2) is 11.9 Å². The summed E-state index contributed by atoms with van der Waals surface area (Å²) in [5.74, 6) is -0.262. The monoisotopic (exact) mass is 346 g/mol. The van der Waals surface area contributed by atoms with Crippen LogP contribution >= 0.6 is 0 Å². The van der Waals surface area contributed by atoms with Crippen LogP contribution in [0.2, 0.25) is 0 Å². The molecule has 2 aromatic rings. The number of hydrogen-bond donors (Lipinski definition) is 1. The summed E-state index contributed by atoms with van der Waals surface area (Å²) < 4.78 is 13.3. The molecule has 0 amide bonds. The van der Waals surface area contributed by atoms with Crippen molar-refractivity contribution in [2.45, 2.75) is 44.5 Å². The van der Waals surface area contributed by atoms with Crippen molar-refractivity contribution in [1.82, 2.24) is 14.6 Å². The minimum Gasteiger partial charge on any atom is -0.477 e. The molecule has 1 N–H and O–H groups in total. The maximum atomic E-state index is 11.3. The van der Waals surface area contributed by atoms with Crippen LogP contribution in [0.1, 0.15) is 42.5 Å². The molecule has 2 fully saturated rings. The molecule has 8 nitrogen and oxygen atoms in total. The van der Waals surface area contributed by atoms with Crippen molar-refractivity contribution in [3.8, 4) is 0 Å². The summed E-state index contributed by atoms with van der Waals surface area (Å²) in [4.78, 5) is 18.0. The number of hydrogen-bond acceptors (Lipinski definition) is 6. The molecular formula is C17H22N4O4. The summed E-state index contributed by atoms with van der Waals surface area (Å²) in [6.07, 6.45) is 8.33. The van der Waals surface area contributed by atoms with Crippen molar-refractivity contribution in [1.29, 1.82) is 0 Å². The number of carboxylic acid groups (broad SMARTS) is 1. The predicted octanol–water partition coefficient (Wildman–Crippen LogP) is 1.94. The van der Waals surface area contributed by atoms with Crippen LogP contribution in [0.4, 0.5) is 5.82 Å². The molecule has 2 aliphatic heterocycles. The summed E-state index contributed by atoms with van der Waals surface area (Å²) in [7, 11) is 0. The van der Waals surface area contributed by atoms with Gasteiger partial charge < -0.3 is 19.5 Å². The van der Waals surface area contributed by atoms with E-state index in [9.17, 15) is 9.90 Å². The highest BCUT2D eigenvalue weighted by Crippen LogP contribution is 2.24. The lowest BCUT2D eigenvalue weighted by atomic mass is 10.1. The highest BCUT2D eigenvalue weighted by atomic mass is 16.7. The highest BCUT2D eigenvalue weighted by Gasteiger charge is 2.26. The van der Waals surface area contributed by atoms with Crippen molar-refractivity contribution in [3.63, 3.8) is 0 Å². The zero-order valence-corrected chi connectivity index (χ0v) is 14.0. The number of carbonyl (C=O) groups is 1. The molecule has 8 heteroatoms. The number of anilines is 1. The summed E-state index contributed by atoms with van der Waals surface area (Å²) in [5, 5.41) is 13.3. The van der Waals surface area contributed by atoms with E-state index in [0.29, 0.717) is 5.65 Å². The van der Waals surface area contributed by atoms with Gasteiger partial charge in [0.2, 0.25) is 0 Å². The maximum absolute atomic E-state index is 11.3. The second kappa shape index (κ2) is 6.97. The molecule has 2 aromatic heterocycles. The third-order valence-corrected chi connectivity index (χ3v) is 4.77. The minimum atomic E-state index is -1.02. The Hall–Kier alpha value is -2.19. The van der Waals surface area contributed by atoms with Gasteiger partial charge in [-0.15, -0.1) is 0 Å². The van der Waals surface area contributed by atoms with Crippen LogP contribution in [0.3, 0.4) is 0 Å². The van der Waals surface area contributed by atoms with Gasteiger partial charge in [0, 0.05) is 25.9 Å². The van der Waals surface area contributed by atoms with E-state index < -0.39 is 5.97 Å². The Morgan fingerprint density at radius 3 is 3.04 bits per heavy atom. The van der Waals surface area contributed by atoms with Crippen molar-refractivity contribution >= 4 is 17.4 Å². The third-order valence-electron chi connectivity index (χ3n) is 4.77. The molecule has 0 radical (unpaired) electrons. The van der Waals surface area contributed by atoms with Gasteiger partial charge in [0.1, 0.15) is 11.4 Å². The Balaban J connectivity index is 1.49. The lowest BCUT2D eigenvalue weighted by Gasteiger charge is -2.36. The molecule has 0 aromatic carbocycles. The lowest BCUT2D eigenvalue weighted by Crippen LogP contribution is -2.42. The summed E-state index contributed by atoms with van der Waals surface area (Å²) in [6, 6.07) is 1.87. The number of piperidine rings is 1. The quantitative estimate of drug-likeness (QED) is 0.905. The Morgan fingerprint density at radius 1 is 1.32 bits per heavy atom. The Kier molecular flexibility index (Phi) is 4.54. The van der Waals surface area contributed by atoms with Crippen LogP contribution < -0.4 is 4.90 Å². The van der Waals surface area contributed by atoms with E-state index in [4.69, 9.17) is 9.47 Å². The normalized spacial score (nSPS) is 24.6. The van der Waals surface area contributed by atoms with Crippen LogP contribution in [0.25, 0.3) is 5.65 Å². The average molecular weight is 346 g/mol. The van der Waals surface area contributed by atoms with Gasteiger partial charge in [0.25, 0.3) is 0 Å². The molecular weight excluding hydrogens is 324 g/mol. The lowest BCUT2D eigenvalue weighted by molar-refractivity contribution is -0.188. The summed E-state index contributed by atoms with van der Waals surface area (Å²) in [5.41, 5.74) is 0.478. The standard InChI is InChI=1S/C17H22N4O4/c22-17(23)13-10-18-21-8-6-14(19-16(13)21)20-7-3-4-12(11-20)25-15-5-1-2-9-24-15/h6,8,10,12,15H,1-5,7,9,11H2,(H,22,23)/t12-,15?/m0/s1. The molecule has 134 valence electrons. The number of carboxylic acids is 1. The van der Waals surface area contributed by atoms with Gasteiger partial charge >= 0.3 is 5.97 Å². The van der Waals surface area contributed by atoms with Gasteiger partial charge in [-0.1, -0.05) is 0 Å². The minimum absolute atomic E-state index is 0.0948. The summed E-state index contributed by atoms with van der Waals surface area (Å²) >= 11 is 0. The van der Waals surface area contributed by atoms with E-state index >= 15 is 0 Å². The van der Waals surface area contributed by atoms with Crippen molar-refractivity contribution in [2.24, 2.45) is 0 Å². The largest absolute Gasteiger partial charge is 0.477 e. The van der Waals surface area contributed by atoms with Gasteiger partial charge in [0.05, 0.1) is 12.3 Å². The number of ether oxygens (including phenoxy) is 2. The highest BCUT2D eigenvalue weighted by molar-refractivity contribution is 5.94. The molecule has 0 aliphatic carbocycles. The molecule has 2 saturated heterocycles. The van der Waals surface area contributed by atoms with Crippen LogP contribution in [0, 0.1) is 0 Å². The molecule has 4 rings (SSSR count). The van der Waals surface area contributed by atoms with E-state index in [1.807, 2.05) is 6.07 Å². The topological polar surface area (TPSA) is 89.2 Å². The van der Waals surface area contributed by atoms with Gasteiger partial charge in [-0.3, -0.25) is 0 Å². The molecule has 0 bridgehead atoms. The molecule has 4 heterocycles. The Labute approximate surface area is 145 Å². The second-order valence-electron chi connectivity index (χ2n) is 6.56. The average Bonchev–Trinajstić information content (AvgIpc) is 3.06. The van der Waals surface area contributed by atoms with Crippen LogP contribution in [0.15, 0.2) is 18.5 Å². The smallest absolute Gasteiger partial charge is 0.341 e. The van der Waals surface area contributed by atoms with Crippen LogP contribution in [-0.2, 0) is 9.47 Å². The van der Waals surface area contributed by atoms with Crippen molar-refractivity contribution < 1.29 is 19.4 Å². The first-order valence-electron chi connectivity index (χ1n) is 8.80. The number of aromatic carboxylic acids is 1. The van der Waals surface area contributed by atoms with Gasteiger partial charge in [-0.2, -0.15) is 5.10 Å². The predicted molar refractivity (Wildman–Crippen MR) is 89.9 cm³/mol. The van der Waals surface area contributed by atoms with Crippen molar-refractivity contribution in [3.05, 3.63) is 24.0 Å². The number of rotatable bonds is 4. The number of nitrogens with zero attached hydrogens (tertiary/aromatic N) is 4. The van der Waals surface area contributed by atoms with E-state index in [2.05, 4.69) is 15.0 Å². The molecule has 1 unspecified atom stereocenters. The molecule has 2 aliphatic rings. The first-order chi connectivity index (χ1) is 12.2.